The van der Waals surface area contributed by atoms with E-state index in [4.69, 9.17) is 9.47 Å². The van der Waals surface area contributed by atoms with Crippen molar-refractivity contribution in [3.8, 4) is 11.5 Å². The minimum Gasteiger partial charge on any atom is -0.507 e. The van der Waals surface area contributed by atoms with Crippen molar-refractivity contribution in [3.63, 3.8) is 0 Å². The summed E-state index contributed by atoms with van der Waals surface area (Å²) in [5.41, 5.74) is 1.30. The smallest absolute Gasteiger partial charge is 0.295 e. The third-order valence-electron chi connectivity index (χ3n) is 5.73. The molecule has 1 unspecified atom stereocenters. The number of nitrogens with zero attached hydrogens (tertiary/aromatic N) is 3. The van der Waals surface area contributed by atoms with E-state index in [1.54, 1.807) is 43.9 Å². The molecule has 1 saturated heterocycles. The molecule has 1 aliphatic heterocycles. The fourth-order valence-electron chi connectivity index (χ4n) is 4.12. The molecule has 1 amide bonds. The number of aromatic nitrogens is 2. The molecule has 2 aliphatic rings. The molecule has 2 aromatic rings. The molecule has 1 aliphatic carbocycles. The van der Waals surface area contributed by atoms with Crippen molar-refractivity contribution in [3.05, 3.63) is 77.6 Å². The normalized spacial score (nSPS) is 19.5. The zero-order valence-electron chi connectivity index (χ0n) is 18.0. The van der Waals surface area contributed by atoms with Crippen molar-refractivity contribution in [1.29, 1.82) is 0 Å². The molecule has 1 aromatic heterocycles. The summed E-state index contributed by atoms with van der Waals surface area (Å²) in [6, 6.07) is 4.46. The van der Waals surface area contributed by atoms with Gasteiger partial charge in [0.1, 0.15) is 17.3 Å². The van der Waals surface area contributed by atoms with Crippen molar-refractivity contribution in [2.75, 3.05) is 20.8 Å². The number of Topliss-reactive ketones (excluding diaryl/α,β-unsaturated/α-hetero) is 1. The van der Waals surface area contributed by atoms with Crippen LogP contribution in [0.25, 0.3) is 0 Å². The van der Waals surface area contributed by atoms with Gasteiger partial charge < -0.3 is 24.0 Å². The average molecular weight is 435 g/mol. The molecule has 0 spiro atoms. The highest BCUT2D eigenvalue weighted by molar-refractivity contribution is 6.45. The van der Waals surface area contributed by atoms with Gasteiger partial charge in [0.15, 0.2) is 0 Å². The Hall–Kier alpha value is -3.81. The number of likely N-dealkylation sites (tertiary alicyclic amines) is 1. The van der Waals surface area contributed by atoms with Crippen molar-refractivity contribution in [2.45, 2.75) is 25.4 Å². The van der Waals surface area contributed by atoms with E-state index in [1.165, 1.54) is 12.0 Å². The minimum absolute atomic E-state index is 0.0797. The van der Waals surface area contributed by atoms with Gasteiger partial charge >= 0.3 is 0 Å². The second-order valence-electron chi connectivity index (χ2n) is 7.58. The summed E-state index contributed by atoms with van der Waals surface area (Å²) >= 11 is 0. The highest BCUT2D eigenvalue weighted by Crippen LogP contribution is 2.43. The predicted molar refractivity (Wildman–Crippen MR) is 117 cm³/mol. The van der Waals surface area contributed by atoms with E-state index in [2.05, 4.69) is 4.98 Å². The van der Waals surface area contributed by atoms with Crippen molar-refractivity contribution in [2.24, 2.45) is 0 Å². The van der Waals surface area contributed by atoms with Gasteiger partial charge in [0.2, 0.25) is 0 Å². The molecule has 0 saturated carbocycles. The maximum absolute atomic E-state index is 13.1. The van der Waals surface area contributed by atoms with Gasteiger partial charge in [-0.3, -0.25) is 9.59 Å². The molecule has 1 atom stereocenters. The van der Waals surface area contributed by atoms with Crippen LogP contribution in [0.3, 0.4) is 0 Å². The number of hydrogen-bond acceptors (Lipinski definition) is 6. The second kappa shape index (κ2) is 9.13. The molecule has 1 fully saturated rings. The Morgan fingerprint density at radius 2 is 2.06 bits per heavy atom. The third-order valence-corrected chi connectivity index (χ3v) is 5.73. The third kappa shape index (κ3) is 3.91. The summed E-state index contributed by atoms with van der Waals surface area (Å²) in [7, 11) is 3.07. The molecule has 2 heterocycles. The highest BCUT2D eigenvalue weighted by Gasteiger charge is 2.47. The Morgan fingerprint density at radius 3 is 2.72 bits per heavy atom. The quantitative estimate of drug-likeness (QED) is 0.389. The van der Waals surface area contributed by atoms with E-state index in [1.807, 2.05) is 22.9 Å². The number of carbonyl (C=O) groups excluding carboxylic acids is 2. The first-order valence-electron chi connectivity index (χ1n) is 10.4. The number of aryl methyl sites for hydroxylation is 1. The van der Waals surface area contributed by atoms with E-state index >= 15 is 0 Å². The molecule has 8 nitrogen and oxygen atoms in total. The molecular formula is C24H25N3O5. The largest absolute Gasteiger partial charge is 0.507 e. The number of aliphatic hydroxyl groups excluding tert-OH is 1. The number of methoxy groups -OCH3 is 2. The van der Waals surface area contributed by atoms with Crippen LogP contribution in [0.5, 0.6) is 11.5 Å². The van der Waals surface area contributed by atoms with E-state index in [0.717, 1.165) is 0 Å². The summed E-state index contributed by atoms with van der Waals surface area (Å²) in [6.07, 6.45) is 11.8. The Kier molecular flexibility index (Phi) is 6.11. The van der Waals surface area contributed by atoms with Gasteiger partial charge in [-0.1, -0.05) is 18.2 Å². The summed E-state index contributed by atoms with van der Waals surface area (Å²) in [5, 5.41) is 11.0. The van der Waals surface area contributed by atoms with Gasteiger partial charge in [-0.2, -0.15) is 0 Å². The maximum atomic E-state index is 13.1. The predicted octanol–water partition coefficient (Wildman–Crippen LogP) is 3.14. The van der Waals surface area contributed by atoms with Gasteiger partial charge in [-0.15, -0.1) is 0 Å². The molecule has 0 bridgehead atoms. The first-order valence-corrected chi connectivity index (χ1v) is 10.4. The number of benzene rings is 1. The van der Waals surface area contributed by atoms with Crippen LogP contribution in [0, 0.1) is 0 Å². The Labute approximate surface area is 186 Å². The van der Waals surface area contributed by atoms with E-state index in [0.29, 0.717) is 48.6 Å². The van der Waals surface area contributed by atoms with Crippen LogP contribution in [0.4, 0.5) is 0 Å². The summed E-state index contributed by atoms with van der Waals surface area (Å²) in [5.74, 6) is -0.411. The SMILES string of the molecule is COc1ccc(C2C(=C(O)C3=CC=CC3)C(=O)C(=O)N2CCCn2ccnc2)c(OC)c1. The molecule has 1 N–H and O–H groups in total. The van der Waals surface area contributed by atoms with Crippen LogP contribution in [-0.2, 0) is 16.1 Å². The maximum Gasteiger partial charge on any atom is 0.295 e. The molecule has 1 aromatic carbocycles. The van der Waals surface area contributed by atoms with E-state index in [9.17, 15) is 14.7 Å². The fourth-order valence-corrected chi connectivity index (χ4v) is 4.12. The van der Waals surface area contributed by atoms with E-state index < -0.39 is 17.7 Å². The minimum atomic E-state index is -0.764. The Balaban J connectivity index is 1.75. The van der Waals surface area contributed by atoms with Gasteiger partial charge in [-0.25, -0.2) is 4.98 Å². The molecule has 166 valence electrons. The number of hydrogen-bond donors (Lipinski definition) is 1. The Morgan fingerprint density at radius 1 is 1.22 bits per heavy atom. The zero-order chi connectivity index (χ0) is 22.7. The lowest BCUT2D eigenvalue weighted by atomic mass is 9.94. The van der Waals surface area contributed by atoms with E-state index in [-0.39, 0.29) is 11.3 Å². The molecule has 32 heavy (non-hydrogen) atoms. The fraction of sp³-hybridized carbons (Fsp3) is 0.292. The van der Waals surface area contributed by atoms with Crippen LogP contribution in [0.2, 0.25) is 0 Å². The highest BCUT2D eigenvalue weighted by atomic mass is 16.5. The lowest BCUT2D eigenvalue weighted by Crippen LogP contribution is -2.31. The number of ketones is 1. The van der Waals surface area contributed by atoms with Gasteiger partial charge in [0.05, 0.1) is 32.2 Å². The topological polar surface area (TPSA) is 93.9 Å². The van der Waals surface area contributed by atoms with Crippen LogP contribution in [0.1, 0.15) is 24.4 Å². The van der Waals surface area contributed by atoms with Gasteiger partial charge in [0.25, 0.3) is 11.7 Å². The molecule has 0 radical (unpaired) electrons. The van der Waals surface area contributed by atoms with Crippen molar-refractivity contribution in [1.82, 2.24) is 14.5 Å². The lowest BCUT2D eigenvalue weighted by Gasteiger charge is -2.27. The van der Waals surface area contributed by atoms with Crippen LogP contribution >= 0.6 is 0 Å². The first kappa shape index (κ1) is 21.4. The molecule has 4 rings (SSSR count). The standard InChI is InChI=1S/C24H25N3O5/c1-31-17-8-9-18(19(14-17)32-2)21-20(22(28)16-6-3-4-7-16)23(29)24(30)27(21)12-5-11-26-13-10-25-15-26/h3-4,6,8-10,13-15,21,28H,5,7,11-12H2,1-2H3. The summed E-state index contributed by atoms with van der Waals surface area (Å²) in [6.45, 7) is 0.973. The molecular weight excluding hydrogens is 410 g/mol. The van der Waals surface area contributed by atoms with Gasteiger partial charge in [-0.05, 0) is 30.5 Å². The van der Waals surface area contributed by atoms with Gasteiger partial charge in [0, 0.05) is 37.1 Å². The monoisotopic (exact) mass is 435 g/mol. The summed E-state index contributed by atoms with van der Waals surface area (Å²) in [4.78, 5) is 31.7. The number of ether oxygens (including phenoxy) is 2. The number of allylic oxidation sites excluding steroid dienone is 4. The van der Waals surface area contributed by atoms with Crippen LogP contribution in [0.15, 0.2) is 72.1 Å². The first-order chi connectivity index (χ1) is 15.5. The van der Waals surface area contributed by atoms with Crippen molar-refractivity contribution < 1.29 is 24.2 Å². The second-order valence-corrected chi connectivity index (χ2v) is 7.58. The number of carbonyl (C=O) groups is 2. The van der Waals surface area contributed by atoms with Crippen LogP contribution in [-0.4, -0.2) is 52.0 Å². The zero-order valence-corrected chi connectivity index (χ0v) is 18.0. The Bertz CT molecular complexity index is 1110. The number of rotatable bonds is 8. The molecule has 8 heteroatoms. The number of imidazole rings is 1. The van der Waals surface area contributed by atoms with Crippen LogP contribution < -0.4 is 9.47 Å². The number of aliphatic hydroxyl groups is 1. The number of amides is 1. The van der Waals surface area contributed by atoms with Crippen molar-refractivity contribution >= 4 is 11.7 Å². The lowest BCUT2D eigenvalue weighted by molar-refractivity contribution is -0.140. The average Bonchev–Trinajstić information content (AvgIpc) is 3.57. The summed E-state index contributed by atoms with van der Waals surface area (Å²) < 4.78 is 12.8.